The molecule has 1 aliphatic rings. The van der Waals surface area contributed by atoms with E-state index in [1.54, 1.807) is 6.07 Å². The van der Waals surface area contributed by atoms with Crippen molar-refractivity contribution in [3.05, 3.63) is 65.2 Å². The van der Waals surface area contributed by atoms with Crippen molar-refractivity contribution in [3.63, 3.8) is 0 Å². The van der Waals surface area contributed by atoms with E-state index < -0.39 is 0 Å². The minimum atomic E-state index is -0.353. The number of hydrogen-bond donors (Lipinski definition) is 2. The van der Waals surface area contributed by atoms with Crippen LogP contribution in [0.15, 0.2) is 42.6 Å². The summed E-state index contributed by atoms with van der Waals surface area (Å²) in [6.07, 6.45) is 2.77. The molecule has 4 nitrogen and oxygen atoms in total. The standard InChI is InChI=1S/C16H18FN3O/c17-12-5-6-14(19-10-12)15(20-18)9-16-13-4-2-1-3-11(13)7-8-21-16/h1-6,10,15-16,20H,7-9,18H2. The van der Waals surface area contributed by atoms with Crippen molar-refractivity contribution >= 4 is 0 Å². The highest BCUT2D eigenvalue weighted by molar-refractivity contribution is 5.31. The predicted octanol–water partition coefficient (Wildman–Crippen LogP) is 2.43. The van der Waals surface area contributed by atoms with Gasteiger partial charge in [-0.3, -0.25) is 16.3 Å². The van der Waals surface area contributed by atoms with Gasteiger partial charge in [0.1, 0.15) is 5.82 Å². The number of nitrogens with two attached hydrogens (primary N) is 1. The molecule has 21 heavy (non-hydrogen) atoms. The fourth-order valence-corrected chi connectivity index (χ4v) is 2.75. The molecular formula is C16H18FN3O. The number of fused-ring (bicyclic) bond motifs is 1. The van der Waals surface area contributed by atoms with Crippen LogP contribution in [0.4, 0.5) is 4.39 Å². The van der Waals surface area contributed by atoms with Crippen LogP contribution in [0, 0.1) is 5.82 Å². The maximum absolute atomic E-state index is 13.0. The highest BCUT2D eigenvalue weighted by Crippen LogP contribution is 2.33. The summed E-state index contributed by atoms with van der Waals surface area (Å²) in [7, 11) is 0. The van der Waals surface area contributed by atoms with Gasteiger partial charge >= 0.3 is 0 Å². The summed E-state index contributed by atoms with van der Waals surface area (Å²) in [5.74, 6) is 5.29. The first-order valence-electron chi connectivity index (χ1n) is 7.05. The van der Waals surface area contributed by atoms with E-state index in [-0.39, 0.29) is 18.0 Å². The second-order valence-corrected chi connectivity index (χ2v) is 5.16. The van der Waals surface area contributed by atoms with Gasteiger partial charge in [-0.2, -0.15) is 0 Å². The van der Waals surface area contributed by atoms with E-state index in [1.807, 2.05) is 12.1 Å². The molecule has 0 bridgehead atoms. The second kappa shape index (κ2) is 6.30. The second-order valence-electron chi connectivity index (χ2n) is 5.16. The first-order valence-corrected chi connectivity index (χ1v) is 7.05. The lowest BCUT2D eigenvalue weighted by atomic mass is 9.93. The van der Waals surface area contributed by atoms with Crippen LogP contribution in [0.1, 0.15) is 35.4 Å². The van der Waals surface area contributed by atoms with E-state index in [2.05, 4.69) is 22.5 Å². The van der Waals surface area contributed by atoms with Crippen molar-refractivity contribution in [2.75, 3.05) is 6.61 Å². The zero-order valence-corrected chi connectivity index (χ0v) is 11.6. The molecule has 0 radical (unpaired) electrons. The molecule has 0 saturated heterocycles. The van der Waals surface area contributed by atoms with Gasteiger partial charge in [-0.1, -0.05) is 24.3 Å². The van der Waals surface area contributed by atoms with E-state index in [0.717, 1.165) is 6.42 Å². The third-order valence-corrected chi connectivity index (χ3v) is 3.85. The lowest BCUT2D eigenvalue weighted by Crippen LogP contribution is -2.31. The van der Waals surface area contributed by atoms with Crippen LogP contribution >= 0.6 is 0 Å². The van der Waals surface area contributed by atoms with Crippen molar-refractivity contribution < 1.29 is 9.13 Å². The summed E-state index contributed by atoms with van der Waals surface area (Å²) in [5.41, 5.74) is 5.98. The van der Waals surface area contributed by atoms with Crippen LogP contribution in [0.5, 0.6) is 0 Å². The molecule has 5 heteroatoms. The van der Waals surface area contributed by atoms with Gasteiger partial charge in [0.2, 0.25) is 0 Å². The summed E-state index contributed by atoms with van der Waals surface area (Å²) < 4.78 is 18.9. The lowest BCUT2D eigenvalue weighted by Gasteiger charge is -2.29. The molecule has 1 aromatic carbocycles. The number of rotatable bonds is 4. The third kappa shape index (κ3) is 3.10. The quantitative estimate of drug-likeness (QED) is 0.670. The van der Waals surface area contributed by atoms with Crippen LogP contribution in [-0.4, -0.2) is 11.6 Å². The van der Waals surface area contributed by atoms with Crippen LogP contribution < -0.4 is 11.3 Å². The molecule has 1 aliphatic heterocycles. The number of ether oxygens (including phenoxy) is 1. The van der Waals surface area contributed by atoms with Crippen molar-refractivity contribution in [2.45, 2.75) is 25.0 Å². The summed E-state index contributed by atoms with van der Waals surface area (Å²) in [6, 6.07) is 11.1. The fourth-order valence-electron chi connectivity index (χ4n) is 2.75. The van der Waals surface area contributed by atoms with Crippen LogP contribution in [0.2, 0.25) is 0 Å². The number of nitrogens with one attached hydrogen (secondary N) is 1. The largest absolute Gasteiger partial charge is 0.373 e. The van der Waals surface area contributed by atoms with Crippen LogP contribution in [0.3, 0.4) is 0 Å². The van der Waals surface area contributed by atoms with Gasteiger partial charge in [0.05, 0.1) is 30.6 Å². The Morgan fingerprint density at radius 1 is 1.33 bits per heavy atom. The molecule has 3 rings (SSSR count). The Hall–Kier alpha value is -1.82. The van der Waals surface area contributed by atoms with E-state index in [1.165, 1.54) is 23.4 Å². The van der Waals surface area contributed by atoms with Gasteiger partial charge < -0.3 is 4.74 Å². The van der Waals surface area contributed by atoms with Crippen molar-refractivity contribution in [1.82, 2.24) is 10.4 Å². The first-order chi connectivity index (χ1) is 10.3. The molecule has 0 spiro atoms. The highest BCUT2D eigenvalue weighted by Gasteiger charge is 2.25. The zero-order valence-electron chi connectivity index (χ0n) is 11.6. The Bertz CT molecular complexity index is 603. The van der Waals surface area contributed by atoms with Gasteiger partial charge in [0, 0.05) is 6.42 Å². The summed E-state index contributed by atoms with van der Waals surface area (Å²) in [5, 5.41) is 0. The number of aromatic nitrogens is 1. The minimum Gasteiger partial charge on any atom is -0.373 e. The van der Waals surface area contributed by atoms with Gasteiger partial charge in [-0.05, 0) is 29.7 Å². The number of nitrogens with zero attached hydrogens (tertiary/aromatic N) is 1. The lowest BCUT2D eigenvalue weighted by molar-refractivity contribution is 0.0290. The summed E-state index contributed by atoms with van der Waals surface area (Å²) in [6.45, 7) is 0.704. The number of benzene rings is 1. The molecule has 2 atom stereocenters. The normalized spacial score (nSPS) is 19.0. The third-order valence-electron chi connectivity index (χ3n) is 3.85. The Labute approximate surface area is 123 Å². The number of halogens is 1. The minimum absolute atomic E-state index is 0.0251. The van der Waals surface area contributed by atoms with Gasteiger partial charge in [-0.15, -0.1) is 0 Å². The average molecular weight is 287 g/mol. The van der Waals surface area contributed by atoms with Crippen molar-refractivity contribution in [2.24, 2.45) is 5.84 Å². The van der Waals surface area contributed by atoms with Gasteiger partial charge in [0.25, 0.3) is 0 Å². The van der Waals surface area contributed by atoms with E-state index in [9.17, 15) is 4.39 Å². The molecule has 1 aromatic heterocycles. The highest BCUT2D eigenvalue weighted by atomic mass is 19.1. The monoisotopic (exact) mass is 287 g/mol. The smallest absolute Gasteiger partial charge is 0.141 e. The summed E-state index contributed by atoms with van der Waals surface area (Å²) in [4.78, 5) is 4.10. The molecule has 2 unspecified atom stereocenters. The molecule has 0 aliphatic carbocycles. The molecule has 2 heterocycles. The van der Waals surface area contributed by atoms with Crippen LogP contribution in [-0.2, 0) is 11.2 Å². The van der Waals surface area contributed by atoms with E-state index in [0.29, 0.717) is 18.7 Å². The molecule has 3 N–H and O–H groups in total. The molecule has 0 amide bonds. The predicted molar refractivity (Wildman–Crippen MR) is 77.7 cm³/mol. The molecule has 2 aromatic rings. The maximum Gasteiger partial charge on any atom is 0.141 e. The molecule has 0 saturated carbocycles. The van der Waals surface area contributed by atoms with E-state index in [4.69, 9.17) is 10.6 Å². The van der Waals surface area contributed by atoms with E-state index >= 15 is 0 Å². The SMILES string of the molecule is NNC(CC1OCCc2ccccc21)c1ccc(F)cn1. The van der Waals surface area contributed by atoms with Crippen molar-refractivity contribution in [1.29, 1.82) is 0 Å². The Morgan fingerprint density at radius 3 is 2.95 bits per heavy atom. The van der Waals surface area contributed by atoms with Gasteiger partial charge in [0.15, 0.2) is 0 Å². The van der Waals surface area contributed by atoms with Crippen LogP contribution in [0.25, 0.3) is 0 Å². The number of hydrogen-bond acceptors (Lipinski definition) is 4. The maximum atomic E-state index is 13.0. The Morgan fingerprint density at radius 2 is 2.19 bits per heavy atom. The molecule has 110 valence electrons. The zero-order chi connectivity index (χ0) is 14.7. The average Bonchev–Trinajstić information content (AvgIpc) is 2.54. The number of hydrazine groups is 1. The van der Waals surface area contributed by atoms with Gasteiger partial charge in [-0.25, -0.2) is 4.39 Å². The topological polar surface area (TPSA) is 60.2 Å². The molecular weight excluding hydrogens is 269 g/mol. The fraction of sp³-hybridized carbons (Fsp3) is 0.312. The first kappa shape index (κ1) is 14.1. The Kier molecular flexibility index (Phi) is 4.24. The summed E-state index contributed by atoms with van der Waals surface area (Å²) >= 11 is 0. The molecule has 0 fully saturated rings. The number of pyridine rings is 1. The van der Waals surface area contributed by atoms with Crippen molar-refractivity contribution in [3.8, 4) is 0 Å². The Balaban J connectivity index is 1.80.